The topological polar surface area (TPSA) is 40.6 Å². The van der Waals surface area contributed by atoms with Crippen LogP contribution in [-0.2, 0) is 6.42 Å². The van der Waals surface area contributed by atoms with Crippen LogP contribution < -0.4 is 0 Å². The lowest BCUT2D eigenvalue weighted by molar-refractivity contribution is 0.0538. The fraction of sp³-hybridized carbons (Fsp3) is 0.368. The normalized spacial score (nSPS) is 14.7. The predicted octanol–water partition coefficient (Wildman–Crippen LogP) is 3.36. The predicted molar refractivity (Wildman–Crippen MR) is 96.6 cm³/mol. The first-order valence-corrected chi connectivity index (χ1v) is 9.24. The van der Waals surface area contributed by atoms with Crippen molar-refractivity contribution in [1.29, 1.82) is 0 Å². The Labute approximate surface area is 150 Å². The monoisotopic (exact) mass is 360 g/mol. The van der Waals surface area contributed by atoms with Crippen molar-refractivity contribution >= 4 is 23.2 Å². The fourth-order valence-corrected chi connectivity index (χ4v) is 4.13. The molecule has 1 saturated heterocycles. The number of amides is 2. The molecule has 3 rings (SSSR count). The summed E-state index contributed by atoms with van der Waals surface area (Å²) in [5, 5.41) is 0. The molecule has 2 amide bonds. The zero-order valence-corrected chi connectivity index (χ0v) is 15.2. The number of rotatable bonds is 3. The molecule has 1 aromatic heterocycles. The van der Waals surface area contributed by atoms with Crippen molar-refractivity contribution < 1.29 is 14.0 Å². The quantitative estimate of drug-likeness (QED) is 0.842. The zero-order valence-electron chi connectivity index (χ0n) is 14.4. The van der Waals surface area contributed by atoms with Gasteiger partial charge in [-0.05, 0) is 43.2 Å². The largest absolute Gasteiger partial charge is 0.335 e. The van der Waals surface area contributed by atoms with Crippen LogP contribution in [0.5, 0.6) is 0 Å². The second kappa shape index (κ2) is 7.35. The smallest absolute Gasteiger partial charge is 0.264 e. The van der Waals surface area contributed by atoms with Crippen LogP contribution in [-0.4, -0.2) is 47.8 Å². The minimum absolute atomic E-state index is 0.0330. The maximum absolute atomic E-state index is 13.3. The third-order valence-electron chi connectivity index (χ3n) is 4.48. The number of thiophene rings is 1. The Hall–Kier alpha value is -2.21. The SMILES string of the molecule is CCc1sc(C(=O)N2CCN(C(=O)c3cccc(F)c3)CC2)cc1C. The highest BCUT2D eigenvalue weighted by molar-refractivity contribution is 7.14. The van der Waals surface area contributed by atoms with E-state index in [2.05, 4.69) is 6.92 Å². The Morgan fingerprint density at radius 3 is 2.28 bits per heavy atom. The maximum atomic E-state index is 13.3. The van der Waals surface area contributed by atoms with Crippen molar-refractivity contribution in [3.05, 3.63) is 57.0 Å². The van der Waals surface area contributed by atoms with Crippen molar-refractivity contribution in [3.8, 4) is 0 Å². The lowest BCUT2D eigenvalue weighted by Crippen LogP contribution is -2.50. The van der Waals surface area contributed by atoms with E-state index in [-0.39, 0.29) is 11.8 Å². The van der Waals surface area contributed by atoms with E-state index in [1.807, 2.05) is 13.0 Å². The van der Waals surface area contributed by atoms with Crippen LogP contribution in [0.4, 0.5) is 4.39 Å². The molecule has 0 unspecified atom stereocenters. The highest BCUT2D eigenvalue weighted by Gasteiger charge is 2.26. The number of carbonyl (C=O) groups excluding carboxylic acids is 2. The second-order valence-electron chi connectivity index (χ2n) is 6.17. The summed E-state index contributed by atoms with van der Waals surface area (Å²) in [4.78, 5) is 30.6. The molecule has 1 aliphatic rings. The second-order valence-corrected chi connectivity index (χ2v) is 7.30. The molecular formula is C19H21FN2O2S. The van der Waals surface area contributed by atoms with Crippen LogP contribution >= 0.6 is 11.3 Å². The summed E-state index contributed by atoms with van der Waals surface area (Å²) in [7, 11) is 0. The van der Waals surface area contributed by atoms with Gasteiger partial charge in [-0.25, -0.2) is 4.39 Å². The molecule has 25 heavy (non-hydrogen) atoms. The molecule has 1 aromatic carbocycles. The summed E-state index contributed by atoms with van der Waals surface area (Å²) >= 11 is 1.55. The van der Waals surface area contributed by atoms with Crippen molar-refractivity contribution in [3.63, 3.8) is 0 Å². The summed E-state index contributed by atoms with van der Waals surface area (Å²) in [5.74, 6) is -0.572. The Morgan fingerprint density at radius 2 is 1.72 bits per heavy atom. The lowest BCUT2D eigenvalue weighted by Gasteiger charge is -2.34. The molecule has 4 nitrogen and oxygen atoms in total. The summed E-state index contributed by atoms with van der Waals surface area (Å²) in [6, 6.07) is 7.67. The number of carbonyl (C=O) groups is 2. The van der Waals surface area contributed by atoms with Crippen LogP contribution in [0.2, 0.25) is 0 Å². The Morgan fingerprint density at radius 1 is 1.08 bits per heavy atom. The minimum Gasteiger partial charge on any atom is -0.335 e. The number of hydrogen-bond acceptors (Lipinski definition) is 3. The molecule has 0 saturated carbocycles. The van der Waals surface area contributed by atoms with E-state index in [0.717, 1.165) is 16.9 Å². The molecule has 0 aliphatic carbocycles. The molecule has 0 spiro atoms. The molecule has 1 aliphatic heterocycles. The van der Waals surface area contributed by atoms with Gasteiger partial charge in [-0.15, -0.1) is 11.3 Å². The van der Waals surface area contributed by atoms with Gasteiger partial charge >= 0.3 is 0 Å². The number of nitrogens with zero attached hydrogens (tertiary/aromatic N) is 2. The standard InChI is InChI=1S/C19H21FN2O2S/c1-3-16-13(2)11-17(25-16)19(24)22-9-7-21(8-10-22)18(23)14-5-4-6-15(20)12-14/h4-6,11-12H,3,7-10H2,1-2H3. The van der Waals surface area contributed by atoms with Crippen molar-refractivity contribution in [2.24, 2.45) is 0 Å². The highest BCUT2D eigenvalue weighted by Crippen LogP contribution is 2.24. The van der Waals surface area contributed by atoms with Gasteiger partial charge in [0.1, 0.15) is 5.82 Å². The average molecular weight is 360 g/mol. The van der Waals surface area contributed by atoms with Crippen molar-refractivity contribution in [1.82, 2.24) is 9.80 Å². The lowest BCUT2D eigenvalue weighted by atomic mass is 10.1. The first kappa shape index (κ1) is 17.6. The maximum Gasteiger partial charge on any atom is 0.264 e. The average Bonchev–Trinajstić information content (AvgIpc) is 3.01. The van der Waals surface area contributed by atoms with Crippen molar-refractivity contribution in [2.75, 3.05) is 26.2 Å². The molecule has 0 N–H and O–H groups in total. The molecule has 2 heterocycles. The van der Waals surface area contributed by atoms with Gasteiger partial charge < -0.3 is 9.80 Å². The van der Waals surface area contributed by atoms with E-state index >= 15 is 0 Å². The molecule has 132 valence electrons. The third-order valence-corrected chi connectivity index (χ3v) is 5.85. The van der Waals surface area contributed by atoms with Gasteiger partial charge in [-0.1, -0.05) is 13.0 Å². The van der Waals surface area contributed by atoms with E-state index in [9.17, 15) is 14.0 Å². The number of halogens is 1. The van der Waals surface area contributed by atoms with Gasteiger partial charge in [0.2, 0.25) is 0 Å². The number of hydrogen-bond donors (Lipinski definition) is 0. The molecule has 1 fully saturated rings. The summed E-state index contributed by atoms with van der Waals surface area (Å²) in [5.41, 5.74) is 1.51. The van der Waals surface area contributed by atoms with Crippen LogP contribution in [0.25, 0.3) is 0 Å². The van der Waals surface area contributed by atoms with E-state index in [4.69, 9.17) is 0 Å². The first-order chi connectivity index (χ1) is 12.0. The van der Waals surface area contributed by atoms with E-state index in [1.165, 1.54) is 23.1 Å². The van der Waals surface area contributed by atoms with E-state index in [0.29, 0.717) is 31.7 Å². The van der Waals surface area contributed by atoms with Gasteiger partial charge in [0.05, 0.1) is 4.88 Å². The first-order valence-electron chi connectivity index (χ1n) is 8.43. The summed E-state index contributed by atoms with van der Waals surface area (Å²) < 4.78 is 13.3. The molecule has 6 heteroatoms. The fourth-order valence-electron chi connectivity index (χ4n) is 3.05. The minimum atomic E-state index is -0.417. The van der Waals surface area contributed by atoms with Gasteiger partial charge in [0.25, 0.3) is 11.8 Å². The highest BCUT2D eigenvalue weighted by atomic mass is 32.1. The van der Waals surface area contributed by atoms with E-state index in [1.54, 1.807) is 27.2 Å². The Bertz CT molecular complexity index is 794. The third kappa shape index (κ3) is 3.74. The van der Waals surface area contributed by atoms with Crippen LogP contribution in [0.3, 0.4) is 0 Å². The number of benzene rings is 1. The van der Waals surface area contributed by atoms with Gasteiger partial charge in [0, 0.05) is 36.6 Å². The molecule has 0 bridgehead atoms. The van der Waals surface area contributed by atoms with Crippen LogP contribution in [0.15, 0.2) is 30.3 Å². The molecular weight excluding hydrogens is 339 g/mol. The Balaban J connectivity index is 1.63. The summed E-state index contributed by atoms with van der Waals surface area (Å²) in [6.45, 7) is 6.04. The molecule has 0 radical (unpaired) electrons. The van der Waals surface area contributed by atoms with Crippen LogP contribution in [0.1, 0.15) is 37.4 Å². The van der Waals surface area contributed by atoms with Gasteiger partial charge in [-0.3, -0.25) is 9.59 Å². The van der Waals surface area contributed by atoms with Gasteiger partial charge in [0.15, 0.2) is 0 Å². The van der Waals surface area contributed by atoms with Crippen LogP contribution in [0, 0.1) is 12.7 Å². The summed E-state index contributed by atoms with van der Waals surface area (Å²) in [6.07, 6.45) is 0.930. The van der Waals surface area contributed by atoms with Crippen molar-refractivity contribution in [2.45, 2.75) is 20.3 Å². The molecule has 2 aromatic rings. The Kier molecular flexibility index (Phi) is 5.18. The zero-order chi connectivity index (χ0) is 18.0. The van der Waals surface area contributed by atoms with Gasteiger partial charge in [-0.2, -0.15) is 0 Å². The number of piperazine rings is 1. The molecule has 0 atom stereocenters. The number of aryl methyl sites for hydroxylation is 2. The van der Waals surface area contributed by atoms with E-state index < -0.39 is 5.82 Å².